The first-order chi connectivity index (χ1) is 10.3. The Kier molecular flexibility index (Phi) is 4.93. The number of likely N-dealkylation sites (tertiary alicyclic amines) is 1. The maximum absolute atomic E-state index is 12.0. The van der Waals surface area contributed by atoms with Crippen molar-refractivity contribution in [3.8, 4) is 0 Å². The molecule has 2 rings (SSSR count). The lowest BCUT2D eigenvalue weighted by Gasteiger charge is -2.33. The first kappa shape index (κ1) is 16.6. The third kappa shape index (κ3) is 4.35. The minimum atomic E-state index is -0.468. The van der Waals surface area contributed by atoms with Gasteiger partial charge in [0.25, 0.3) is 0 Å². The highest BCUT2D eigenvalue weighted by atomic mass is 16.8. The van der Waals surface area contributed by atoms with Gasteiger partial charge < -0.3 is 9.64 Å². The zero-order valence-electron chi connectivity index (χ0n) is 13.3. The fourth-order valence-electron chi connectivity index (χ4n) is 2.60. The highest BCUT2D eigenvalue weighted by Gasteiger charge is 2.27. The third-order valence-electron chi connectivity index (χ3n) is 3.74. The molecule has 0 radical (unpaired) electrons. The van der Waals surface area contributed by atoms with Gasteiger partial charge in [-0.1, -0.05) is 12.1 Å². The molecule has 0 aromatic heterocycles. The van der Waals surface area contributed by atoms with Crippen molar-refractivity contribution < 1.29 is 19.9 Å². The average Bonchev–Trinajstić information content (AvgIpc) is 2.46. The SMILES string of the molecule is CC(C)(C)OC(=O)N1CCC(c2ccc(N(O)O)cc2)CC1. The fourth-order valence-corrected chi connectivity index (χ4v) is 2.60. The van der Waals surface area contributed by atoms with Crippen molar-refractivity contribution in [1.82, 2.24) is 4.90 Å². The number of benzene rings is 1. The molecule has 122 valence electrons. The summed E-state index contributed by atoms with van der Waals surface area (Å²) in [6.07, 6.45) is 1.50. The van der Waals surface area contributed by atoms with Crippen molar-refractivity contribution in [2.75, 3.05) is 18.3 Å². The number of rotatable bonds is 2. The predicted molar refractivity (Wildman–Crippen MR) is 82.3 cm³/mol. The lowest BCUT2D eigenvalue weighted by atomic mass is 9.89. The molecule has 1 fully saturated rings. The Balaban J connectivity index is 1.90. The van der Waals surface area contributed by atoms with E-state index >= 15 is 0 Å². The van der Waals surface area contributed by atoms with Crippen LogP contribution >= 0.6 is 0 Å². The van der Waals surface area contributed by atoms with Crippen molar-refractivity contribution in [3.05, 3.63) is 29.8 Å². The molecule has 22 heavy (non-hydrogen) atoms. The van der Waals surface area contributed by atoms with E-state index in [0.717, 1.165) is 18.4 Å². The number of amides is 1. The van der Waals surface area contributed by atoms with Gasteiger partial charge in [0.15, 0.2) is 0 Å². The normalized spacial score (nSPS) is 16.5. The summed E-state index contributed by atoms with van der Waals surface area (Å²) in [5, 5.41) is 18.0. The molecule has 1 aromatic rings. The second kappa shape index (κ2) is 6.54. The Labute approximate surface area is 130 Å². The maximum Gasteiger partial charge on any atom is 0.410 e. The lowest BCUT2D eigenvalue weighted by Crippen LogP contribution is -2.41. The summed E-state index contributed by atoms with van der Waals surface area (Å²) >= 11 is 0. The standard InChI is InChI=1S/C16H24N2O4/c1-16(2,3)22-15(19)17-10-8-13(9-11-17)12-4-6-14(7-5-12)18(20)21/h4-7,13,20-21H,8-11H2,1-3H3. The van der Waals surface area contributed by atoms with Crippen molar-refractivity contribution in [2.45, 2.75) is 45.1 Å². The van der Waals surface area contributed by atoms with E-state index in [-0.39, 0.29) is 11.3 Å². The number of carbonyl (C=O) groups is 1. The summed E-state index contributed by atoms with van der Waals surface area (Å²) in [7, 11) is 0. The Morgan fingerprint density at radius 1 is 1.18 bits per heavy atom. The lowest BCUT2D eigenvalue weighted by molar-refractivity contribution is 0.0203. The molecule has 1 aromatic carbocycles. The van der Waals surface area contributed by atoms with E-state index in [1.54, 1.807) is 17.0 Å². The molecule has 1 aliphatic rings. The number of carbonyl (C=O) groups excluding carboxylic acids is 1. The van der Waals surface area contributed by atoms with Crippen LogP contribution in [-0.4, -0.2) is 40.1 Å². The summed E-state index contributed by atoms with van der Waals surface area (Å²) in [5.74, 6) is 0.374. The first-order valence-corrected chi connectivity index (χ1v) is 7.52. The summed E-state index contributed by atoms with van der Waals surface area (Å²) in [6.45, 7) is 6.95. The van der Waals surface area contributed by atoms with Gasteiger partial charge in [0.1, 0.15) is 5.60 Å². The second-order valence-electron chi connectivity index (χ2n) is 6.62. The molecular formula is C16H24N2O4. The summed E-state index contributed by atoms with van der Waals surface area (Å²) < 4.78 is 5.39. The monoisotopic (exact) mass is 308 g/mol. The third-order valence-corrected chi connectivity index (χ3v) is 3.74. The number of anilines is 1. The summed E-state index contributed by atoms with van der Waals surface area (Å²) in [6, 6.07) is 7.11. The van der Waals surface area contributed by atoms with Gasteiger partial charge in [-0.15, -0.1) is 5.23 Å². The van der Waals surface area contributed by atoms with Crippen LogP contribution in [0.1, 0.15) is 45.1 Å². The molecule has 1 heterocycles. The van der Waals surface area contributed by atoms with E-state index in [0.29, 0.717) is 24.7 Å². The molecule has 0 atom stereocenters. The highest BCUT2D eigenvalue weighted by molar-refractivity contribution is 5.68. The highest BCUT2D eigenvalue weighted by Crippen LogP contribution is 2.29. The minimum absolute atomic E-state index is 0.106. The second-order valence-corrected chi connectivity index (χ2v) is 6.62. The fraction of sp³-hybridized carbons (Fsp3) is 0.562. The molecule has 0 unspecified atom stereocenters. The molecule has 1 aliphatic heterocycles. The molecule has 6 nitrogen and oxygen atoms in total. The van der Waals surface area contributed by atoms with Crippen LogP contribution in [0.15, 0.2) is 24.3 Å². The van der Waals surface area contributed by atoms with Crippen LogP contribution in [0.25, 0.3) is 0 Å². The summed E-state index contributed by atoms with van der Waals surface area (Å²) in [4.78, 5) is 13.8. The number of hydrogen-bond donors (Lipinski definition) is 2. The zero-order valence-corrected chi connectivity index (χ0v) is 13.3. The molecular weight excluding hydrogens is 284 g/mol. The Bertz CT molecular complexity index is 500. The molecule has 2 N–H and O–H groups in total. The smallest absolute Gasteiger partial charge is 0.410 e. The van der Waals surface area contributed by atoms with Gasteiger partial charge in [-0.05, 0) is 57.2 Å². The maximum atomic E-state index is 12.0. The Morgan fingerprint density at radius 2 is 1.73 bits per heavy atom. The van der Waals surface area contributed by atoms with Crippen molar-refractivity contribution in [1.29, 1.82) is 0 Å². The average molecular weight is 308 g/mol. The Morgan fingerprint density at radius 3 is 2.18 bits per heavy atom. The van der Waals surface area contributed by atoms with Crippen LogP contribution in [0.2, 0.25) is 0 Å². The van der Waals surface area contributed by atoms with E-state index in [4.69, 9.17) is 15.2 Å². The van der Waals surface area contributed by atoms with Crippen molar-refractivity contribution in [2.24, 2.45) is 0 Å². The van der Waals surface area contributed by atoms with Crippen LogP contribution in [0.3, 0.4) is 0 Å². The molecule has 1 amide bonds. The van der Waals surface area contributed by atoms with E-state index in [1.165, 1.54) is 0 Å². The van der Waals surface area contributed by atoms with Crippen LogP contribution < -0.4 is 5.23 Å². The first-order valence-electron chi connectivity index (χ1n) is 7.52. The predicted octanol–water partition coefficient (Wildman–Crippen LogP) is 3.39. The van der Waals surface area contributed by atoms with Gasteiger partial charge >= 0.3 is 6.09 Å². The minimum Gasteiger partial charge on any atom is -0.444 e. The molecule has 0 saturated carbocycles. The number of hydrogen-bond acceptors (Lipinski definition) is 5. The van der Waals surface area contributed by atoms with Crippen LogP contribution in [-0.2, 0) is 4.74 Å². The van der Waals surface area contributed by atoms with Gasteiger partial charge in [-0.3, -0.25) is 10.4 Å². The molecule has 6 heteroatoms. The van der Waals surface area contributed by atoms with Gasteiger partial charge in [0, 0.05) is 13.1 Å². The van der Waals surface area contributed by atoms with Gasteiger partial charge in [0.05, 0.1) is 5.69 Å². The van der Waals surface area contributed by atoms with Crippen LogP contribution in [0.5, 0.6) is 0 Å². The number of piperidine rings is 1. The molecule has 0 aliphatic carbocycles. The van der Waals surface area contributed by atoms with E-state index in [2.05, 4.69) is 0 Å². The summed E-state index contributed by atoms with van der Waals surface area (Å²) in [5.41, 5.74) is 1.01. The van der Waals surface area contributed by atoms with Gasteiger partial charge in [-0.25, -0.2) is 4.79 Å². The van der Waals surface area contributed by atoms with E-state index < -0.39 is 5.60 Å². The van der Waals surface area contributed by atoms with Gasteiger partial charge in [-0.2, -0.15) is 0 Å². The zero-order chi connectivity index (χ0) is 16.3. The quantitative estimate of drug-likeness (QED) is 0.819. The topological polar surface area (TPSA) is 73.2 Å². The number of ether oxygens (including phenoxy) is 1. The Hall–Kier alpha value is -1.79. The van der Waals surface area contributed by atoms with Crippen molar-refractivity contribution >= 4 is 11.8 Å². The molecule has 1 saturated heterocycles. The molecule has 0 bridgehead atoms. The van der Waals surface area contributed by atoms with Crippen LogP contribution in [0, 0.1) is 0 Å². The molecule has 0 spiro atoms. The van der Waals surface area contributed by atoms with Crippen molar-refractivity contribution in [3.63, 3.8) is 0 Å². The van der Waals surface area contributed by atoms with E-state index in [9.17, 15) is 4.79 Å². The van der Waals surface area contributed by atoms with Gasteiger partial charge in [0.2, 0.25) is 0 Å². The van der Waals surface area contributed by atoms with Crippen LogP contribution in [0.4, 0.5) is 10.5 Å². The largest absolute Gasteiger partial charge is 0.444 e. The number of nitrogens with zero attached hydrogens (tertiary/aromatic N) is 2. The van der Waals surface area contributed by atoms with E-state index in [1.807, 2.05) is 32.9 Å².